The molecule has 0 fully saturated rings. The molecular formula is C40H32F10O2. The highest BCUT2D eigenvalue weighted by Gasteiger charge is 2.42. The number of hydrogen-bond donors (Lipinski definition) is 0. The van der Waals surface area contributed by atoms with Crippen LogP contribution in [0.5, 0.6) is 11.5 Å². The second-order valence-corrected chi connectivity index (χ2v) is 12.2. The molecule has 0 aromatic heterocycles. The molecule has 274 valence electrons. The summed E-state index contributed by atoms with van der Waals surface area (Å²) in [7, 11) is 0. The number of alkyl halides is 5. The van der Waals surface area contributed by atoms with Crippen LogP contribution in [0.3, 0.4) is 0 Å². The van der Waals surface area contributed by atoms with Crippen molar-refractivity contribution in [2.24, 2.45) is 0 Å². The Morgan fingerprint density at radius 1 is 0.481 bits per heavy atom. The van der Waals surface area contributed by atoms with E-state index in [1.54, 1.807) is 6.07 Å². The lowest BCUT2D eigenvalue weighted by molar-refractivity contribution is -0.275. The second-order valence-electron chi connectivity index (χ2n) is 12.2. The minimum absolute atomic E-state index is 0.0489. The Morgan fingerprint density at radius 3 is 1.62 bits per heavy atom. The van der Waals surface area contributed by atoms with Gasteiger partial charge in [0.25, 0.3) is 0 Å². The summed E-state index contributed by atoms with van der Waals surface area (Å²) >= 11 is 0. The fraction of sp³-hybridized carbons (Fsp3) is 0.250. The van der Waals surface area contributed by atoms with Gasteiger partial charge in [-0.25, -0.2) is 22.0 Å². The molecule has 0 unspecified atom stereocenters. The predicted octanol–water partition coefficient (Wildman–Crippen LogP) is 13.3. The van der Waals surface area contributed by atoms with Crippen LogP contribution in [0.2, 0.25) is 0 Å². The molecule has 5 aromatic rings. The Hall–Kier alpha value is -5.00. The summed E-state index contributed by atoms with van der Waals surface area (Å²) in [5, 5.41) is 0. The normalized spacial score (nSPS) is 11.9. The third-order valence-electron chi connectivity index (χ3n) is 8.37. The fourth-order valence-corrected chi connectivity index (χ4v) is 5.78. The highest BCUT2D eigenvalue weighted by atomic mass is 19.4. The number of hydrogen-bond acceptors (Lipinski definition) is 2. The number of aryl methyl sites for hydroxylation is 1. The van der Waals surface area contributed by atoms with Crippen LogP contribution in [0.25, 0.3) is 33.4 Å². The zero-order valence-electron chi connectivity index (χ0n) is 27.7. The van der Waals surface area contributed by atoms with Crippen molar-refractivity contribution in [3.8, 4) is 44.9 Å². The quantitative estimate of drug-likeness (QED) is 0.0835. The molecule has 0 heterocycles. The van der Waals surface area contributed by atoms with Crippen LogP contribution in [0, 0.1) is 29.1 Å². The van der Waals surface area contributed by atoms with Crippen LogP contribution < -0.4 is 9.47 Å². The Labute approximate surface area is 293 Å². The van der Waals surface area contributed by atoms with E-state index in [1.807, 2.05) is 24.3 Å². The van der Waals surface area contributed by atoms with Crippen molar-refractivity contribution < 1.29 is 53.4 Å². The summed E-state index contributed by atoms with van der Waals surface area (Å²) in [5.41, 5.74) is -0.0432. The van der Waals surface area contributed by atoms with Crippen molar-refractivity contribution in [3.63, 3.8) is 0 Å². The number of benzene rings is 5. The summed E-state index contributed by atoms with van der Waals surface area (Å²) in [6.07, 6.45) is -1.93. The average Bonchev–Trinajstić information content (AvgIpc) is 3.06. The van der Waals surface area contributed by atoms with Crippen LogP contribution in [0.4, 0.5) is 43.9 Å². The van der Waals surface area contributed by atoms with Gasteiger partial charge in [-0.2, -0.15) is 8.78 Å². The number of unbranched alkanes of at least 4 members (excludes halogenated alkanes) is 5. The third kappa shape index (κ3) is 9.45. The van der Waals surface area contributed by atoms with E-state index in [2.05, 4.69) is 16.4 Å². The van der Waals surface area contributed by atoms with E-state index in [0.717, 1.165) is 30.5 Å². The topological polar surface area (TPSA) is 18.5 Å². The SMILES string of the molecule is CCCCCCCCc1ccc(-c2ccc(-c3ccc(-c4cc(F)c(C(F)(F)Oc5ccc(OC(F)(F)F)c(F)c5)c(F)c4)c(F)c3)c(F)c2)cc1. The monoisotopic (exact) mass is 734 g/mol. The van der Waals surface area contributed by atoms with E-state index in [4.69, 9.17) is 0 Å². The van der Waals surface area contributed by atoms with Gasteiger partial charge in [0.05, 0.1) is 0 Å². The van der Waals surface area contributed by atoms with Crippen molar-refractivity contribution in [1.29, 1.82) is 0 Å². The smallest absolute Gasteiger partial charge is 0.429 e. The van der Waals surface area contributed by atoms with E-state index < -0.39 is 69.7 Å². The van der Waals surface area contributed by atoms with Crippen LogP contribution in [-0.2, 0) is 12.5 Å². The molecule has 52 heavy (non-hydrogen) atoms. The van der Waals surface area contributed by atoms with Gasteiger partial charge in [0.2, 0.25) is 0 Å². The predicted molar refractivity (Wildman–Crippen MR) is 177 cm³/mol. The first kappa shape index (κ1) is 38.2. The molecule has 0 spiro atoms. The van der Waals surface area contributed by atoms with Crippen molar-refractivity contribution >= 4 is 0 Å². The van der Waals surface area contributed by atoms with E-state index >= 15 is 8.78 Å². The molecular weight excluding hydrogens is 702 g/mol. The molecule has 5 aromatic carbocycles. The zero-order chi connectivity index (χ0) is 37.6. The maximum absolute atomic E-state index is 15.3. The second kappa shape index (κ2) is 16.1. The summed E-state index contributed by atoms with van der Waals surface area (Å²) < 4.78 is 149. The Morgan fingerprint density at radius 2 is 1.02 bits per heavy atom. The Bertz CT molecular complexity index is 1980. The van der Waals surface area contributed by atoms with E-state index in [9.17, 15) is 35.1 Å². The van der Waals surface area contributed by atoms with Crippen molar-refractivity contribution in [1.82, 2.24) is 0 Å². The molecule has 5 rings (SSSR count). The minimum atomic E-state index is -5.27. The van der Waals surface area contributed by atoms with Gasteiger partial charge in [-0.3, -0.25) is 0 Å². The number of rotatable bonds is 14. The first-order valence-electron chi connectivity index (χ1n) is 16.5. The van der Waals surface area contributed by atoms with Gasteiger partial charge in [0.15, 0.2) is 11.6 Å². The summed E-state index contributed by atoms with van der Waals surface area (Å²) in [6, 6.07) is 17.4. The molecule has 0 bridgehead atoms. The van der Waals surface area contributed by atoms with Gasteiger partial charge in [-0.1, -0.05) is 87.6 Å². The molecule has 0 atom stereocenters. The van der Waals surface area contributed by atoms with Gasteiger partial charge in [-0.15, -0.1) is 13.2 Å². The largest absolute Gasteiger partial charge is 0.573 e. The highest BCUT2D eigenvalue weighted by molar-refractivity contribution is 5.74. The summed E-state index contributed by atoms with van der Waals surface area (Å²) in [4.78, 5) is 0. The Kier molecular flexibility index (Phi) is 11.9. The molecule has 0 aliphatic carbocycles. The standard InChI is InChI=1S/C40H32F10O2/c1-2-3-4-5-6-7-8-24-9-11-25(12-10-24)26-13-16-30(32(41)19-26)27-14-17-31(33(42)20-27)28-21-35(44)38(36(45)22-28)39(46,47)51-29-15-18-37(34(43)23-29)52-40(48,49)50/h9-23H,2-8H2,1H3. The van der Waals surface area contributed by atoms with Crippen LogP contribution >= 0.6 is 0 Å². The van der Waals surface area contributed by atoms with Crippen LogP contribution in [-0.4, -0.2) is 6.36 Å². The van der Waals surface area contributed by atoms with Gasteiger partial charge >= 0.3 is 12.5 Å². The van der Waals surface area contributed by atoms with Gasteiger partial charge < -0.3 is 9.47 Å². The first-order chi connectivity index (χ1) is 24.6. The highest BCUT2D eigenvalue weighted by Crippen LogP contribution is 2.39. The lowest BCUT2D eigenvalue weighted by Crippen LogP contribution is -2.25. The summed E-state index contributed by atoms with van der Waals surface area (Å²) in [6.45, 7) is 2.18. The van der Waals surface area contributed by atoms with Gasteiger partial charge in [0, 0.05) is 17.2 Å². The molecule has 12 heteroatoms. The Balaban J connectivity index is 1.29. The first-order valence-corrected chi connectivity index (χ1v) is 16.5. The van der Waals surface area contributed by atoms with E-state index in [1.165, 1.54) is 55.9 Å². The molecule has 0 amide bonds. The molecule has 0 saturated carbocycles. The lowest BCUT2D eigenvalue weighted by Gasteiger charge is -2.20. The third-order valence-corrected chi connectivity index (χ3v) is 8.37. The van der Waals surface area contributed by atoms with Crippen LogP contribution in [0.1, 0.15) is 56.6 Å². The minimum Gasteiger partial charge on any atom is -0.429 e. The maximum atomic E-state index is 15.3. The summed E-state index contributed by atoms with van der Waals surface area (Å²) in [5.74, 6) is -9.56. The van der Waals surface area contributed by atoms with E-state index in [0.29, 0.717) is 29.8 Å². The average molecular weight is 735 g/mol. The van der Waals surface area contributed by atoms with Crippen molar-refractivity contribution in [2.45, 2.75) is 64.3 Å². The molecule has 0 radical (unpaired) electrons. The maximum Gasteiger partial charge on any atom is 0.573 e. The van der Waals surface area contributed by atoms with Crippen LogP contribution in [0.15, 0.2) is 91.0 Å². The zero-order valence-corrected chi connectivity index (χ0v) is 27.7. The van der Waals surface area contributed by atoms with Crippen molar-refractivity contribution in [2.75, 3.05) is 0 Å². The van der Waals surface area contributed by atoms with Gasteiger partial charge in [-0.05, 0) is 77.1 Å². The molecule has 0 N–H and O–H groups in total. The van der Waals surface area contributed by atoms with Crippen molar-refractivity contribution in [3.05, 3.63) is 131 Å². The number of ether oxygens (including phenoxy) is 2. The number of halogens is 10. The van der Waals surface area contributed by atoms with Gasteiger partial charge in [0.1, 0.15) is 34.6 Å². The fourth-order valence-electron chi connectivity index (χ4n) is 5.78. The molecule has 0 aliphatic heterocycles. The van der Waals surface area contributed by atoms with E-state index in [-0.39, 0.29) is 17.2 Å². The molecule has 0 saturated heterocycles. The lowest BCUT2D eigenvalue weighted by atomic mass is 9.96. The molecule has 0 aliphatic rings. The molecule has 2 nitrogen and oxygen atoms in total.